The molecule has 0 aliphatic carbocycles. The number of anilines is 1. The standard InChI is InChI=1S/C26H30N2O3S/c1-18-12-14-23(15-20(18)3)28-32(30,31)24-16-22(13-11-19(24)2)25(29)27-26(4,5)17-21-9-7-6-8-10-21/h6-16,28H,17H2,1-5H3,(H,27,29). The molecule has 0 saturated heterocycles. The molecule has 0 saturated carbocycles. The van der Waals surface area contributed by atoms with Crippen LogP contribution < -0.4 is 10.0 Å². The summed E-state index contributed by atoms with van der Waals surface area (Å²) in [5, 5.41) is 3.03. The largest absolute Gasteiger partial charge is 0.347 e. The van der Waals surface area contributed by atoms with Gasteiger partial charge in [-0.25, -0.2) is 8.42 Å². The molecule has 3 rings (SSSR count). The zero-order valence-corrected chi connectivity index (χ0v) is 20.0. The number of hydrogen-bond donors (Lipinski definition) is 2. The molecule has 0 spiro atoms. The van der Waals surface area contributed by atoms with Crippen LogP contribution in [0.3, 0.4) is 0 Å². The third-order valence-electron chi connectivity index (χ3n) is 5.44. The number of amides is 1. The van der Waals surface area contributed by atoms with Crippen LogP contribution in [0.15, 0.2) is 71.6 Å². The van der Waals surface area contributed by atoms with Gasteiger partial charge in [-0.05, 0) is 87.6 Å². The Morgan fingerprint density at radius 1 is 0.844 bits per heavy atom. The Labute approximate surface area is 190 Å². The second kappa shape index (κ2) is 9.17. The molecule has 0 atom stereocenters. The molecule has 0 fully saturated rings. The van der Waals surface area contributed by atoms with Crippen molar-refractivity contribution in [1.29, 1.82) is 0 Å². The van der Waals surface area contributed by atoms with Crippen molar-refractivity contribution in [3.63, 3.8) is 0 Å². The highest BCUT2D eigenvalue weighted by atomic mass is 32.2. The van der Waals surface area contributed by atoms with Gasteiger partial charge < -0.3 is 5.32 Å². The van der Waals surface area contributed by atoms with Crippen LogP contribution in [0.2, 0.25) is 0 Å². The molecule has 32 heavy (non-hydrogen) atoms. The van der Waals surface area contributed by atoms with E-state index in [4.69, 9.17) is 0 Å². The van der Waals surface area contributed by atoms with Crippen LogP contribution in [-0.4, -0.2) is 19.9 Å². The Bertz CT molecular complexity index is 1230. The molecule has 2 N–H and O–H groups in total. The predicted octanol–water partition coefficient (Wildman–Crippen LogP) is 5.16. The Morgan fingerprint density at radius 2 is 1.50 bits per heavy atom. The van der Waals surface area contributed by atoms with Crippen molar-refractivity contribution >= 4 is 21.6 Å². The van der Waals surface area contributed by atoms with Crippen molar-refractivity contribution in [2.24, 2.45) is 0 Å². The number of carbonyl (C=O) groups excluding carboxylic acids is 1. The quantitative estimate of drug-likeness (QED) is 0.522. The normalized spacial score (nSPS) is 11.8. The van der Waals surface area contributed by atoms with Crippen molar-refractivity contribution < 1.29 is 13.2 Å². The second-order valence-corrected chi connectivity index (χ2v) is 10.5. The average Bonchev–Trinajstić information content (AvgIpc) is 2.70. The molecule has 0 aromatic heterocycles. The van der Waals surface area contributed by atoms with E-state index in [0.717, 1.165) is 16.7 Å². The molecular formula is C26H30N2O3S. The Kier molecular flexibility index (Phi) is 6.74. The first-order chi connectivity index (χ1) is 15.0. The number of sulfonamides is 1. The second-order valence-electron chi connectivity index (χ2n) is 8.89. The predicted molar refractivity (Wildman–Crippen MR) is 130 cm³/mol. The van der Waals surface area contributed by atoms with E-state index >= 15 is 0 Å². The van der Waals surface area contributed by atoms with Gasteiger partial charge in [0.1, 0.15) is 0 Å². The zero-order chi connectivity index (χ0) is 23.5. The van der Waals surface area contributed by atoms with E-state index in [1.54, 1.807) is 31.2 Å². The molecule has 0 radical (unpaired) electrons. The third-order valence-corrected chi connectivity index (χ3v) is 6.96. The molecule has 0 unspecified atom stereocenters. The smallest absolute Gasteiger partial charge is 0.262 e. The first-order valence-electron chi connectivity index (χ1n) is 10.5. The lowest BCUT2D eigenvalue weighted by atomic mass is 9.94. The van der Waals surface area contributed by atoms with Crippen LogP contribution in [-0.2, 0) is 16.4 Å². The van der Waals surface area contributed by atoms with Gasteiger partial charge >= 0.3 is 0 Å². The maximum Gasteiger partial charge on any atom is 0.262 e. The average molecular weight is 451 g/mol. The lowest BCUT2D eigenvalue weighted by molar-refractivity contribution is 0.0913. The summed E-state index contributed by atoms with van der Waals surface area (Å²) in [7, 11) is -3.85. The fraction of sp³-hybridized carbons (Fsp3) is 0.269. The van der Waals surface area contributed by atoms with Crippen molar-refractivity contribution in [2.75, 3.05) is 4.72 Å². The van der Waals surface area contributed by atoms with E-state index in [2.05, 4.69) is 10.0 Å². The molecule has 0 bridgehead atoms. The summed E-state index contributed by atoms with van der Waals surface area (Å²) in [5.41, 5.74) is 4.06. The van der Waals surface area contributed by atoms with E-state index in [0.29, 0.717) is 23.2 Å². The van der Waals surface area contributed by atoms with E-state index in [-0.39, 0.29) is 10.8 Å². The van der Waals surface area contributed by atoms with Gasteiger partial charge in [-0.2, -0.15) is 0 Å². The van der Waals surface area contributed by atoms with Crippen molar-refractivity contribution in [3.05, 3.63) is 94.5 Å². The monoisotopic (exact) mass is 450 g/mol. The molecule has 168 valence electrons. The summed E-state index contributed by atoms with van der Waals surface area (Å²) in [5.74, 6) is -0.312. The number of hydrogen-bond acceptors (Lipinski definition) is 3. The number of benzene rings is 3. The minimum absolute atomic E-state index is 0.0873. The van der Waals surface area contributed by atoms with Gasteiger partial charge in [0.05, 0.1) is 4.90 Å². The molecule has 3 aromatic rings. The Morgan fingerprint density at radius 3 is 2.16 bits per heavy atom. The zero-order valence-electron chi connectivity index (χ0n) is 19.2. The Hall–Kier alpha value is -3.12. The fourth-order valence-corrected chi connectivity index (χ4v) is 4.90. The summed E-state index contributed by atoms with van der Waals surface area (Å²) in [6.45, 7) is 9.52. The van der Waals surface area contributed by atoms with Gasteiger partial charge in [-0.3, -0.25) is 9.52 Å². The van der Waals surface area contributed by atoms with Crippen molar-refractivity contribution in [3.8, 4) is 0 Å². The fourth-order valence-electron chi connectivity index (χ4n) is 3.58. The van der Waals surface area contributed by atoms with Gasteiger partial charge in [-0.1, -0.05) is 42.5 Å². The highest BCUT2D eigenvalue weighted by Crippen LogP contribution is 2.23. The highest BCUT2D eigenvalue weighted by Gasteiger charge is 2.24. The summed E-state index contributed by atoms with van der Waals surface area (Å²) >= 11 is 0. The number of rotatable bonds is 7. The van der Waals surface area contributed by atoms with E-state index in [1.165, 1.54) is 6.07 Å². The van der Waals surface area contributed by atoms with Gasteiger partial charge in [0, 0.05) is 16.8 Å². The molecular weight excluding hydrogens is 420 g/mol. The van der Waals surface area contributed by atoms with Crippen LogP contribution in [0, 0.1) is 20.8 Å². The summed E-state index contributed by atoms with van der Waals surface area (Å²) in [4.78, 5) is 13.0. The van der Waals surface area contributed by atoms with Crippen molar-refractivity contribution in [1.82, 2.24) is 5.32 Å². The van der Waals surface area contributed by atoms with Crippen LogP contribution in [0.1, 0.15) is 46.5 Å². The number of nitrogens with one attached hydrogen (secondary N) is 2. The lowest BCUT2D eigenvalue weighted by Crippen LogP contribution is -2.45. The number of carbonyl (C=O) groups is 1. The maximum atomic E-state index is 13.1. The first kappa shape index (κ1) is 23.5. The van der Waals surface area contributed by atoms with Crippen molar-refractivity contribution in [2.45, 2.75) is 51.5 Å². The molecule has 0 heterocycles. The van der Waals surface area contributed by atoms with Gasteiger partial charge in [0.2, 0.25) is 0 Å². The van der Waals surface area contributed by atoms with Gasteiger partial charge in [0.15, 0.2) is 0 Å². The van der Waals surface area contributed by atoms with Crippen LogP contribution in [0.25, 0.3) is 0 Å². The van der Waals surface area contributed by atoms with Gasteiger partial charge in [-0.15, -0.1) is 0 Å². The minimum Gasteiger partial charge on any atom is -0.347 e. The number of aryl methyl sites for hydroxylation is 3. The summed E-state index contributed by atoms with van der Waals surface area (Å²) < 4.78 is 28.8. The summed E-state index contributed by atoms with van der Waals surface area (Å²) in [6.07, 6.45) is 0.658. The van der Waals surface area contributed by atoms with E-state index in [9.17, 15) is 13.2 Å². The molecule has 3 aromatic carbocycles. The molecule has 6 heteroatoms. The minimum atomic E-state index is -3.85. The third kappa shape index (κ3) is 5.77. The SMILES string of the molecule is Cc1ccc(NS(=O)(=O)c2cc(C(=O)NC(C)(C)Cc3ccccc3)ccc2C)cc1C. The van der Waals surface area contributed by atoms with Crippen LogP contribution in [0.5, 0.6) is 0 Å². The van der Waals surface area contributed by atoms with Crippen LogP contribution in [0.4, 0.5) is 5.69 Å². The van der Waals surface area contributed by atoms with E-state index < -0.39 is 15.6 Å². The topological polar surface area (TPSA) is 75.3 Å². The molecule has 5 nitrogen and oxygen atoms in total. The van der Waals surface area contributed by atoms with Gasteiger partial charge in [0.25, 0.3) is 15.9 Å². The molecule has 0 aliphatic rings. The molecule has 0 aliphatic heterocycles. The maximum absolute atomic E-state index is 13.1. The first-order valence-corrected chi connectivity index (χ1v) is 12.0. The lowest BCUT2D eigenvalue weighted by Gasteiger charge is -2.26. The van der Waals surface area contributed by atoms with Crippen LogP contribution >= 0.6 is 0 Å². The highest BCUT2D eigenvalue weighted by molar-refractivity contribution is 7.92. The summed E-state index contributed by atoms with van der Waals surface area (Å²) in [6, 6.07) is 20.1. The Balaban J connectivity index is 1.82. The molecule has 1 amide bonds. The van der Waals surface area contributed by atoms with E-state index in [1.807, 2.05) is 64.1 Å².